The van der Waals surface area contributed by atoms with Crippen molar-refractivity contribution in [2.45, 2.75) is 26.9 Å². The van der Waals surface area contributed by atoms with Crippen LogP contribution in [-0.2, 0) is 17.9 Å². The maximum absolute atomic E-state index is 13.0. The fourth-order valence-electron chi connectivity index (χ4n) is 3.34. The standard InChI is InChI=1S/C22H20FN5O2/c1-14-7-15(2)9-18(8-14)28-21-19(11-26-28)22(30)27(13-25-21)12-20(29)24-10-16-3-5-17(23)6-4-16/h3-9,11,13H,10,12H2,1-2H3,(H,24,29). The number of carbonyl (C=O) groups excluding carboxylic acids is 1. The molecule has 4 rings (SSSR count). The summed E-state index contributed by atoms with van der Waals surface area (Å²) < 4.78 is 15.8. The Morgan fingerprint density at radius 2 is 1.80 bits per heavy atom. The maximum Gasteiger partial charge on any atom is 0.264 e. The zero-order chi connectivity index (χ0) is 21.3. The third kappa shape index (κ3) is 3.98. The second-order valence-electron chi connectivity index (χ2n) is 7.22. The van der Waals surface area contributed by atoms with Gasteiger partial charge in [-0.05, 0) is 54.8 Å². The first kappa shape index (κ1) is 19.5. The molecule has 0 saturated carbocycles. The number of nitrogens with one attached hydrogen (secondary N) is 1. The molecule has 8 heteroatoms. The van der Waals surface area contributed by atoms with Crippen molar-refractivity contribution in [3.8, 4) is 5.69 Å². The van der Waals surface area contributed by atoms with Crippen LogP contribution in [-0.4, -0.2) is 25.2 Å². The van der Waals surface area contributed by atoms with Gasteiger partial charge < -0.3 is 5.32 Å². The molecule has 152 valence electrons. The lowest BCUT2D eigenvalue weighted by molar-refractivity contribution is -0.121. The Morgan fingerprint density at radius 1 is 1.10 bits per heavy atom. The van der Waals surface area contributed by atoms with Crippen molar-refractivity contribution in [3.63, 3.8) is 0 Å². The third-order valence-corrected chi connectivity index (χ3v) is 4.72. The van der Waals surface area contributed by atoms with E-state index in [1.54, 1.807) is 16.8 Å². The zero-order valence-corrected chi connectivity index (χ0v) is 16.6. The maximum atomic E-state index is 13.0. The molecule has 1 amide bonds. The van der Waals surface area contributed by atoms with Gasteiger partial charge in [-0.1, -0.05) is 18.2 Å². The number of fused-ring (bicyclic) bond motifs is 1. The molecule has 0 fully saturated rings. The Morgan fingerprint density at radius 3 is 2.50 bits per heavy atom. The molecule has 2 aromatic carbocycles. The molecular formula is C22H20FN5O2. The molecule has 2 heterocycles. The Bertz CT molecular complexity index is 1270. The van der Waals surface area contributed by atoms with Crippen molar-refractivity contribution in [1.29, 1.82) is 0 Å². The molecular weight excluding hydrogens is 385 g/mol. The lowest BCUT2D eigenvalue weighted by atomic mass is 10.1. The number of hydrogen-bond acceptors (Lipinski definition) is 4. The van der Waals surface area contributed by atoms with Crippen LogP contribution in [0.5, 0.6) is 0 Å². The van der Waals surface area contributed by atoms with Crippen LogP contribution in [0.3, 0.4) is 0 Å². The van der Waals surface area contributed by atoms with Crippen LogP contribution in [0.15, 0.2) is 59.8 Å². The van der Waals surface area contributed by atoms with Gasteiger partial charge >= 0.3 is 0 Å². The molecule has 0 unspecified atom stereocenters. The van der Waals surface area contributed by atoms with Gasteiger partial charge in [0.05, 0.1) is 11.9 Å². The van der Waals surface area contributed by atoms with Crippen LogP contribution < -0.4 is 10.9 Å². The number of hydrogen-bond donors (Lipinski definition) is 1. The van der Waals surface area contributed by atoms with E-state index in [1.807, 2.05) is 26.0 Å². The van der Waals surface area contributed by atoms with Crippen LogP contribution in [0.25, 0.3) is 16.7 Å². The Balaban J connectivity index is 1.54. The highest BCUT2D eigenvalue weighted by Crippen LogP contribution is 2.17. The normalized spacial score (nSPS) is 11.0. The van der Waals surface area contributed by atoms with E-state index in [0.717, 1.165) is 22.4 Å². The summed E-state index contributed by atoms with van der Waals surface area (Å²) in [4.78, 5) is 29.4. The summed E-state index contributed by atoms with van der Waals surface area (Å²) in [6, 6.07) is 11.8. The Kier molecular flexibility index (Phi) is 5.14. The summed E-state index contributed by atoms with van der Waals surface area (Å²) in [5, 5.41) is 7.37. The monoisotopic (exact) mass is 405 g/mol. The average Bonchev–Trinajstić information content (AvgIpc) is 3.14. The number of aromatic nitrogens is 4. The molecule has 1 N–H and O–H groups in total. The summed E-state index contributed by atoms with van der Waals surface area (Å²) in [6.45, 7) is 4.06. The van der Waals surface area contributed by atoms with Gasteiger partial charge in [0.1, 0.15) is 24.1 Å². The van der Waals surface area contributed by atoms with Gasteiger partial charge in [0.25, 0.3) is 5.56 Å². The van der Waals surface area contributed by atoms with E-state index in [-0.39, 0.29) is 30.4 Å². The summed E-state index contributed by atoms with van der Waals surface area (Å²) >= 11 is 0. The molecule has 0 saturated heterocycles. The third-order valence-electron chi connectivity index (χ3n) is 4.72. The van der Waals surface area contributed by atoms with Gasteiger partial charge in [0, 0.05) is 6.54 Å². The van der Waals surface area contributed by atoms with Crippen LogP contribution >= 0.6 is 0 Å². The molecule has 0 aliphatic carbocycles. The highest BCUT2D eigenvalue weighted by atomic mass is 19.1. The van der Waals surface area contributed by atoms with Gasteiger partial charge in [-0.2, -0.15) is 5.10 Å². The highest BCUT2D eigenvalue weighted by Gasteiger charge is 2.13. The highest BCUT2D eigenvalue weighted by molar-refractivity contribution is 5.77. The number of rotatable bonds is 5. The zero-order valence-electron chi connectivity index (χ0n) is 16.6. The van der Waals surface area contributed by atoms with Gasteiger partial charge in [-0.3, -0.25) is 14.2 Å². The van der Waals surface area contributed by atoms with Crippen molar-refractivity contribution in [1.82, 2.24) is 24.6 Å². The summed E-state index contributed by atoms with van der Waals surface area (Å²) in [6.07, 6.45) is 2.82. The molecule has 2 aromatic heterocycles. The van der Waals surface area contributed by atoms with Crippen molar-refractivity contribution < 1.29 is 9.18 Å². The van der Waals surface area contributed by atoms with Crippen molar-refractivity contribution >= 4 is 16.9 Å². The van der Waals surface area contributed by atoms with Gasteiger partial charge in [0.15, 0.2) is 5.65 Å². The number of benzene rings is 2. The van der Waals surface area contributed by atoms with E-state index in [4.69, 9.17) is 0 Å². The topological polar surface area (TPSA) is 81.8 Å². The largest absolute Gasteiger partial charge is 0.350 e. The smallest absolute Gasteiger partial charge is 0.264 e. The Labute approximate surface area is 171 Å². The fraction of sp³-hybridized carbons (Fsp3) is 0.182. The van der Waals surface area contributed by atoms with E-state index in [1.165, 1.54) is 29.2 Å². The quantitative estimate of drug-likeness (QED) is 0.554. The second kappa shape index (κ2) is 7.90. The van der Waals surface area contributed by atoms with Crippen LogP contribution in [0.4, 0.5) is 4.39 Å². The summed E-state index contributed by atoms with van der Waals surface area (Å²) in [5.74, 6) is -0.679. The predicted octanol–water partition coefficient (Wildman–Crippen LogP) is 2.65. The minimum Gasteiger partial charge on any atom is -0.350 e. The number of aryl methyl sites for hydroxylation is 2. The van der Waals surface area contributed by atoms with Crippen LogP contribution in [0.2, 0.25) is 0 Å². The molecule has 7 nitrogen and oxygen atoms in total. The average molecular weight is 405 g/mol. The first-order chi connectivity index (χ1) is 14.4. The molecule has 30 heavy (non-hydrogen) atoms. The van der Waals surface area contributed by atoms with E-state index in [0.29, 0.717) is 11.0 Å². The van der Waals surface area contributed by atoms with Crippen LogP contribution in [0, 0.1) is 19.7 Å². The molecule has 0 aliphatic rings. The van der Waals surface area contributed by atoms with Gasteiger partial charge in [0.2, 0.25) is 5.91 Å². The fourth-order valence-corrected chi connectivity index (χ4v) is 3.34. The SMILES string of the molecule is Cc1cc(C)cc(-n2ncc3c(=O)n(CC(=O)NCc4ccc(F)cc4)cnc32)c1. The minimum atomic E-state index is -0.343. The van der Waals surface area contributed by atoms with E-state index >= 15 is 0 Å². The molecule has 4 aromatic rings. The molecule has 0 atom stereocenters. The van der Waals surface area contributed by atoms with Gasteiger partial charge in [-0.15, -0.1) is 0 Å². The summed E-state index contributed by atoms with van der Waals surface area (Å²) in [7, 11) is 0. The lowest BCUT2D eigenvalue weighted by Crippen LogP contribution is -2.32. The molecule has 0 radical (unpaired) electrons. The van der Waals surface area contributed by atoms with Crippen molar-refractivity contribution in [2.75, 3.05) is 0 Å². The number of amides is 1. The summed E-state index contributed by atoms with van der Waals surface area (Å²) in [5.41, 5.74) is 3.85. The first-order valence-electron chi connectivity index (χ1n) is 9.44. The van der Waals surface area contributed by atoms with E-state index in [2.05, 4.69) is 21.5 Å². The Hall–Kier alpha value is -3.81. The van der Waals surface area contributed by atoms with Crippen molar-refractivity contribution in [3.05, 3.63) is 87.9 Å². The first-order valence-corrected chi connectivity index (χ1v) is 9.44. The van der Waals surface area contributed by atoms with Gasteiger partial charge in [-0.25, -0.2) is 14.1 Å². The predicted molar refractivity (Wildman–Crippen MR) is 111 cm³/mol. The number of carbonyl (C=O) groups is 1. The van der Waals surface area contributed by atoms with Crippen molar-refractivity contribution in [2.24, 2.45) is 0 Å². The number of halogens is 1. The van der Waals surface area contributed by atoms with E-state index < -0.39 is 0 Å². The number of nitrogens with zero attached hydrogens (tertiary/aromatic N) is 4. The molecule has 0 aliphatic heterocycles. The van der Waals surface area contributed by atoms with E-state index in [9.17, 15) is 14.0 Å². The van der Waals surface area contributed by atoms with Crippen LogP contribution in [0.1, 0.15) is 16.7 Å². The molecule has 0 bridgehead atoms. The molecule has 0 spiro atoms. The lowest BCUT2D eigenvalue weighted by Gasteiger charge is -2.08. The second-order valence-corrected chi connectivity index (χ2v) is 7.22. The minimum absolute atomic E-state index is 0.169.